The van der Waals surface area contributed by atoms with Gasteiger partial charge in [-0.25, -0.2) is 4.68 Å². The van der Waals surface area contributed by atoms with Gasteiger partial charge in [-0.1, -0.05) is 28.9 Å². The number of aromatic nitrogens is 2. The van der Waals surface area contributed by atoms with E-state index < -0.39 is 5.97 Å². The molecular weight excluding hydrogens is 324 g/mol. The molecule has 2 aromatic rings. The van der Waals surface area contributed by atoms with Crippen molar-refractivity contribution in [3.05, 3.63) is 38.7 Å². The summed E-state index contributed by atoms with van der Waals surface area (Å²) in [7, 11) is 0. The summed E-state index contributed by atoms with van der Waals surface area (Å²) in [4.78, 5) is 23.9. The summed E-state index contributed by atoms with van der Waals surface area (Å²) in [5.74, 6) is -0.460. The minimum atomic E-state index is -0.460. The van der Waals surface area contributed by atoms with Crippen molar-refractivity contribution in [3.63, 3.8) is 0 Å². The van der Waals surface area contributed by atoms with Crippen LogP contribution < -0.4 is 5.56 Å². The van der Waals surface area contributed by atoms with Crippen molar-refractivity contribution in [1.82, 2.24) is 9.78 Å². The number of esters is 1. The second kappa shape index (κ2) is 6.17. The molecule has 0 saturated carbocycles. The molecule has 1 aromatic heterocycles. The maximum atomic E-state index is 12.4. The van der Waals surface area contributed by atoms with E-state index in [4.69, 9.17) is 4.74 Å². The lowest BCUT2D eigenvalue weighted by atomic mass is 10.1. The number of hydrogen-bond donors (Lipinski definition) is 0. The van der Waals surface area contributed by atoms with Gasteiger partial charge in [0.05, 0.1) is 17.7 Å². The van der Waals surface area contributed by atoms with Gasteiger partial charge in [0, 0.05) is 9.86 Å². The molecule has 0 N–H and O–H groups in total. The summed E-state index contributed by atoms with van der Waals surface area (Å²) < 4.78 is 6.85. The Labute approximate surface area is 124 Å². The van der Waals surface area contributed by atoms with Gasteiger partial charge < -0.3 is 4.74 Å². The molecule has 0 unspecified atom stereocenters. The molecule has 0 aliphatic rings. The molecule has 0 atom stereocenters. The Kier molecular flexibility index (Phi) is 4.54. The maximum absolute atomic E-state index is 12.4. The zero-order valence-electron chi connectivity index (χ0n) is 11.4. The molecule has 106 valence electrons. The number of ether oxygens (including phenoxy) is 1. The standard InChI is InChI=1S/C14H15BrN2O3/c1-3-12-10-6-5-9(15)7-11(10)14(19)17(16-12)8-13(18)20-4-2/h5-7H,3-4,8H2,1-2H3. The van der Waals surface area contributed by atoms with Gasteiger partial charge in [-0.2, -0.15) is 5.10 Å². The average molecular weight is 339 g/mol. The van der Waals surface area contributed by atoms with E-state index in [-0.39, 0.29) is 18.7 Å². The van der Waals surface area contributed by atoms with Crippen LogP contribution in [0.2, 0.25) is 0 Å². The molecular formula is C14H15BrN2O3. The highest BCUT2D eigenvalue weighted by Gasteiger charge is 2.12. The maximum Gasteiger partial charge on any atom is 0.327 e. The molecule has 5 nitrogen and oxygen atoms in total. The Morgan fingerprint density at radius 3 is 2.75 bits per heavy atom. The molecule has 0 bridgehead atoms. The second-order valence-corrected chi connectivity index (χ2v) is 5.17. The third kappa shape index (κ3) is 2.90. The Bertz CT molecular complexity index is 709. The lowest BCUT2D eigenvalue weighted by molar-refractivity contribution is -0.144. The molecule has 20 heavy (non-hydrogen) atoms. The highest BCUT2D eigenvalue weighted by molar-refractivity contribution is 9.10. The van der Waals surface area contributed by atoms with Crippen LogP contribution in [0.3, 0.4) is 0 Å². The fraction of sp³-hybridized carbons (Fsp3) is 0.357. The number of aryl methyl sites for hydroxylation is 1. The van der Waals surface area contributed by atoms with Crippen LogP contribution in [0.4, 0.5) is 0 Å². The molecule has 0 spiro atoms. The SMILES string of the molecule is CCOC(=O)Cn1nc(CC)c2ccc(Br)cc2c1=O. The minimum Gasteiger partial charge on any atom is -0.465 e. The smallest absolute Gasteiger partial charge is 0.327 e. The molecule has 1 aromatic carbocycles. The number of halogens is 1. The summed E-state index contributed by atoms with van der Waals surface area (Å²) in [6.45, 7) is 3.81. The largest absolute Gasteiger partial charge is 0.465 e. The van der Waals surface area contributed by atoms with Crippen LogP contribution in [-0.4, -0.2) is 22.4 Å². The zero-order chi connectivity index (χ0) is 14.7. The molecule has 0 amide bonds. The average Bonchev–Trinajstić information content (AvgIpc) is 2.42. The van der Waals surface area contributed by atoms with Crippen molar-refractivity contribution in [1.29, 1.82) is 0 Å². The van der Waals surface area contributed by atoms with Gasteiger partial charge in [0.1, 0.15) is 6.54 Å². The minimum absolute atomic E-state index is 0.165. The quantitative estimate of drug-likeness (QED) is 0.802. The highest BCUT2D eigenvalue weighted by atomic mass is 79.9. The number of carbonyl (C=O) groups excluding carboxylic acids is 1. The molecule has 6 heteroatoms. The van der Waals surface area contributed by atoms with Gasteiger partial charge in [-0.05, 0) is 25.5 Å². The van der Waals surface area contributed by atoms with Crippen LogP contribution in [0.25, 0.3) is 10.8 Å². The van der Waals surface area contributed by atoms with Gasteiger partial charge in [-0.3, -0.25) is 9.59 Å². The summed E-state index contributed by atoms with van der Waals surface area (Å²) in [6.07, 6.45) is 0.682. The van der Waals surface area contributed by atoms with E-state index in [1.54, 1.807) is 13.0 Å². The first-order valence-electron chi connectivity index (χ1n) is 6.41. The first kappa shape index (κ1) is 14.7. The second-order valence-electron chi connectivity index (χ2n) is 4.26. The molecule has 0 radical (unpaired) electrons. The van der Waals surface area contributed by atoms with Crippen molar-refractivity contribution in [2.75, 3.05) is 6.61 Å². The van der Waals surface area contributed by atoms with Gasteiger partial charge in [-0.15, -0.1) is 0 Å². The predicted octanol–water partition coefficient (Wildman–Crippen LogP) is 2.28. The van der Waals surface area contributed by atoms with E-state index in [1.165, 1.54) is 4.68 Å². The predicted molar refractivity (Wildman–Crippen MR) is 79.7 cm³/mol. The molecule has 1 heterocycles. The molecule has 0 saturated heterocycles. The summed E-state index contributed by atoms with van der Waals surface area (Å²) in [5.41, 5.74) is 0.503. The Morgan fingerprint density at radius 1 is 1.35 bits per heavy atom. The van der Waals surface area contributed by atoms with Gasteiger partial charge in [0.2, 0.25) is 0 Å². The van der Waals surface area contributed by atoms with Crippen LogP contribution in [0.1, 0.15) is 19.5 Å². The Balaban J connectivity index is 2.59. The monoisotopic (exact) mass is 338 g/mol. The third-order valence-electron chi connectivity index (χ3n) is 2.92. The van der Waals surface area contributed by atoms with Gasteiger partial charge in [0.15, 0.2) is 0 Å². The van der Waals surface area contributed by atoms with Gasteiger partial charge >= 0.3 is 5.97 Å². The fourth-order valence-corrected chi connectivity index (χ4v) is 2.39. The van der Waals surface area contributed by atoms with Crippen molar-refractivity contribution >= 4 is 32.7 Å². The summed E-state index contributed by atoms with van der Waals surface area (Å²) in [5, 5.41) is 5.63. The number of fused-ring (bicyclic) bond motifs is 1. The van der Waals surface area contributed by atoms with Crippen LogP contribution in [0.5, 0.6) is 0 Å². The number of rotatable bonds is 4. The Hall–Kier alpha value is -1.69. The van der Waals surface area contributed by atoms with Crippen molar-refractivity contribution in [2.24, 2.45) is 0 Å². The van der Waals surface area contributed by atoms with E-state index >= 15 is 0 Å². The summed E-state index contributed by atoms with van der Waals surface area (Å²) >= 11 is 3.35. The normalized spacial score (nSPS) is 10.8. The van der Waals surface area contributed by atoms with Crippen molar-refractivity contribution < 1.29 is 9.53 Å². The lowest BCUT2D eigenvalue weighted by Gasteiger charge is -2.09. The Morgan fingerprint density at radius 2 is 2.10 bits per heavy atom. The van der Waals surface area contributed by atoms with Gasteiger partial charge in [0.25, 0.3) is 5.56 Å². The van der Waals surface area contributed by atoms with Crippen molar-refractivity contribution in [2.45, 2.75) is 26.8 Å². The van der Waals surface area contributed by atoms with Crippen LogP contribution >= 0.6 is 15.9 Å². The molecule has 2 rings (SSSR count). The van der Waals surface area contributed by atoms with E-state index in [9.17, 15) is 9.59 Å². The highest BCUT2D eigenvalue weighted by Crippen LogP contribution is 2.19. The van der Waals surface area contributed by atoms with Crippen LogP contribution in [0, 0.1) is 0 Å². The third-order valence-corrected chi connectivity index (χ3v) is 3.41. The zero-order valence-corrected chi connectivity index (χ0v) is 12.9. The van der Waals surface area contributed by atoms with Crippen molar-refractivity contribution in [3.8, 4) is 0 Å². The number of hydrogen-bond acceptors (Lipinski definition) is 4. The molecule has 0 fully saturated rings. The lowest BCUT2D eigenvalue weighted by Crippen LogP contribution is -2.29. The number of carbonyl (C=O) groups is 1. The topological polar surface area (TPSA) is 61.2 Å². The number of benzene rings is 1. The van der Waals surface area contributed by atoms with E-state index in [0.29, 0.717) is 11.8 Å². The first-order chi connectivity index (χ1) is 9.56. The van der Waals surface area contributed by atoms with E-state index in [1.807, 2.05) is 19.1 Å². The van der Waals surface area contributed by atoms with Crippen LogP contribution in [0.15, 0.2) is 27.5 Å². The first-order valence-corrected chi connectivity index (χ1v) is 7.21. The fourth-order valence-electron chi connectivity index (χ4n) is 2.03. The molecule has 0 aliphatic heterocycles. The van der Waals surface area contributed by atoms with E-state index in [0.717, 1.165) is 15.6 Å². The van der Waals surface area contributed by atoms with Crippen LogP contribution in [-0.2, 0) is 22.5 Å². The number of nitrogens with zero attached hydrogens (tertiary/aromatic N) is 2. The van der Waals surface area contributed by atoms with E-state index in [2.05, 4.69) is 21.0 Å². The summed E-state index contributed by atoms with van der Waals surface area (Å²) in [6, 6.07) is 5.49. The molecule has 0 aliphatic carbocycles.